The Morgan fingerprint density at radius 1 is 1.07 bits per heavy atom. The zero-order valence-electron chi connectivity index (χ0n) is 16.6. The average molecular weight is 406 g/mol. The van der Waals surface area contributed by atoms with Gasteiger partial charge in [-0.25, -0.2) is 4.98 Å². The van der Waals surface area contributed by atoms with Crippen LogP contribution in [0.4, 0.5) is 5.13 Å². The first-order valence-corrected chi connectivity index (χ1v) is 11.2. The lowest BCUT2D eigenvalue weighted by Gasteiger charge is -2.21. The Balaban J connectivity index is 1.27. The smallest absolute Gasteiger partial charge is 0.203 e. The fourth-order valence-electron chi connectivity index (χ4n) is 3.69. The topological polar surface area (TPSA) is 46.5 Å². The van der Waals surface area contributed by atoms with Crippen LogP contribution >= 0.6 is 11.3 Å². The maximum Gasteiger partial charge on any atom is 0.203 e. The number of aromatic nitrogens is 1. The Morgan fingerprint density at radius 2 is 1.93 bits per heavy atom. The number of ether oxygens (including phenoxy) is 1. The van der Waals surface area contributed by atoms with Crippen LogP contribution in [0, 0.1) is 5.92 Å². The summed E-state index contributed by atoms with van der Waals surface area (Å²) in [5.41, 5.74) is 7.35. The number of hydrazone groups is 1. The van der Waals surface area contributed by atoms with Crippen LogP contribution in [0.3, 0.4) is 0 Å². The molecular weight excluding hydrogens is 378 g/mol. The van der Waals surface area contributed by atoms with E-state index in [0.717, 1.165) is 34.5 Å². The van der Waals surface area contributed by atoms with E-state index in [1.807, 2.05) is 35.9 Å². The fraction of sp³-hybridized carbons (Fsp3) is 0.333. The number of hydrogen-bond acceptors (Lipinski definition) is 5. The molecule has 0 atom stereocenters. The monoisotopic (exact) mass is 405 g/mol. The molecule has 0 amide bonds. The van der Waals surface area contributed by atoms with E-state index < -0.39 is 0 Å². The van der Waals surface area contributed by atoms with Gasteiger partial charge in [0, 0.05) is 17.6 Å². The molecule has 5 heteroatoms. The van der Waals surface area contributed by atoms with E-state index >= 15 is 0 Å². The summed E-state index contributed by atoms with van der Waals surface area (Å²) in [5.74, 6) is 0.747. The van der Waals surface area contributed by atoms with Crippen molar-refractivity contribution in [2.45, 2.75) is 38.7 Å². The predicted octanol–water partition coefficient (Wildman–Crippen LogP) is 6.35. The molecule has 0 bridgehead atoms. The van der Waals surface area contributed by atoms with Crippen LogP contribution in [0.25, 0.3) is 11.3 Å². The Labute approximate surface area is 176 Å². The molecule has 1 aliphatic carbocycles. The minimum atomic E-state index is 0.665. The second-order valence-corrected chi connectivity index (χ2v) is 8.40. The lowest BCUT2D eigenvalue weighted by atomic mass is 9.90. The molecule has 0 unspecified atom stereocenters. The van der Waals surface area contributed by atoms with Crippen molar-refractivity contribution in [1.29, 1.82) is 0 Å². The number of thiazole rings is 1. The van der Waals surface area contributed by atoms with Crippen molar-refractivity contribution in [3.63, 3.8) is 0 Å². The summed E-state index contributed by atoms with van der Waals surface area (Å²) in [6.45, 7) is 1.55. The number of rotatable bonds is 8. The second-order valence-electron chi connectivity index (χ2n) is 7.54. The fourth-order valence-corrected chi connectivity index (χ4v) is 4.36. The van der Waals surface area contributed by atoms with Gasteiger partial charge in [0.15, 0.2) is 0 Å². The zero-order chi connectivity index (χ0) is 19.7. The summed E-state index contributed by atoms with van der Waals surface area (Å²) < 4.78 is 5.96. The highest BCUT2D eigenvalue weighted by Crippen LogP contribution is 2.25. The third kappa shape index (κ3) is 5.99. The quantitative estimate of drug-likeness (QED) is 0.351. The molecule has 1 heterocycles. The molecule has 1 aromatic heterocycles. The van der Waals surface area contributed by atoms with Gasteiger partial charge in [0.2, 0.25) is 5.13 Å². The predicted molar refractivity (Wildman–Crippen MR) is 121 cm³/mol. The van der Waals surface area contributed by atoms with Gasteiger partial charge >= 0.3 is 0 Å². The number of hydrogen-bond donors (Lipinski definition) is 1. The molecule has 150 valence electrons. The van der Waals surface area contributed by atoms with Gasteiger partial charge in [-0.2, -0.15) is 5.10 Å². The standard InChI is InChI=1S/C24H27N3OS/c1-3-8-19(9-4-1)16-28-17-21-11-7-10-20(14-21)15-25-27-24-26-23(18-29-24)22-12-5-2-6-13-22/h2,5-7,10-15,18-19H,1,3-4,8-9,16-17H2,(H,26,27). The van der Waals surface area contributed by atoms with Gasteiger partial charge in [-0.1, -0.05) is 67.8 Å². The summed E-state index contributed by atoms with van der Waals surface area (Å²) in [6.07, 6.45) is 8.58. The van der Waals surface area contributed by atoms with E-state index in [2.05, 4.69) is 45.8 Å². The van der Waals surface area contributed by atoms with Gasteiger partial charge < -0.3 is 4.74 Å². The second kappa shape index (κ2) is 10.3. The molecule has 2 aromatic carbocycles. The number of anilines is 1. The van der Waals surface area contributed by atoms with E-state index in [-0.39, 0.29) is 0 Å². The third-order valence-electron chi connectivity index (χ3n) is 5.25. The van der Waals surface area contributed by atoms with Crippen LogP contribution < -0.4 is 5.43 Å². The first-order valence-electron chi connectivity index (χ1n) is 10.3. The van der Waals surface area contributed by atoms with Crippen LogP contribution in [-0.4, -0.2) is 17.8 Å². The van der Waals surface area contributed by atoms with Crippen LogP contribution in [-0.2, 0) is 11.3 Å². The SMILES string of the molecule is C(=NNc1nc(-c2ccccc2)cs1)c1cccc(COCC2CCCCC2)c1. The third-order valence-corrected chi connectivity index (χ3v) is 5.99. The highest BCUT2D eigenvalue weighted by atomic mass is 32.1. The first-order chi connectivity index (χ1) is 14.4. The molecule has 3 aromatic rings. The van der Waals surface area contributed by atoms with E-state index in [4.69, 9.17) is 4.74 Å². The maximum atomic E-state index is 5.96. The van der Waals surface area contributed by atoms with Crippen LogP contribution in [0.15, 0.2) is 65.1 Å². The van der Waals surface area contributed by atoms with Gasteiger partial charge in [0.05, 0.1) is 18.5 Å². The van der Waals surface area contributed by atoms with Crippen molar-refractivity contribution in [1.82, 2.24) is 4.98 Å². The van der Waals surface area contributed by atoms with Crippen molar-refractivity contribution in [3.8, 4) is 11.3 Å². The molecule has 1 aliphatic rings. The highest BCUT2D eigenvalue weighted by Gasteiger charge is 2.13. The van der Waals surface area contributed by atoms with Crippen molar-refractivity contribution in [3.05, 3.63) is 71.1 Å². The van der Waals surface area contributed by atoms with E-state index in [1.165, 1.54) is 37.7 Å². The van der Waals surface area contributed by atoms with Crippen molar-refractivity contribution >= 4 is 22.7 Å². The minimum absolute atomic E-state index is 0.665. The molecular formula is C24H27N3OS. The van der Waals surface area contributed by atoms with Crippen LogP contribution in [0.1, 0.15) is 43.2 Å². The normalized spacial score (nSPS) is 15.0. The summed E-state index contributed by atoms with van der Waals surface area (Å²) in [4.78, 5) is 4.59. The van der Waals surface area contributed by atoms with Gasteiger partial charge in [0.25, 0.3) is 0 Å². The molecule has 0 saturated heterocycles. The van der Waals surface area contributed by atoms with Gasteiger partial charge in [-0.15, -0.1) is 11.3 Å². The Kier molecular flexibility index (Phi) is 7.05. The Morgan fingerprint density at radius 3 is 2.79 bits per heavy atom. The van der Waals surface area contributed by atoms with E-state index in [1.54, 1.807) is 11.3 Å². The van der Waals surface area contributed by atoms with Crippen LogP contribution in [0.5, 0.6) is 0 Å². The molecule has 0 spiro atoms. The van der Waals surface area contributed by atoms with Gasteiger partial charge in [0.1, 0.15) is 0 Å². The molecule has 29 heavy (non-hydrogen) atoms. The van der Waals surface area contributed by atoms with Crippen molar-refractivity contribution < 1.29 is 4.74 Å². The summed E-state index contributed by atoms with van der Waals surface area (Å²) in [7, 11) is 0. The summed E-state index contributed by atoms with van der Waals surface area (Å²) >= 11 is 1.55. The molecule has 0 aliphatic heterocycles. The van der Waals surface area contributed by atoms with Gasteiger partial charge in [-0.3, -0.25) is 5.43 Å². The Hall–Kier alpha value is -2.50. The number of nitrogens with zero attached hydrogens (tertiary/aromatic N) is 2. The first kappa shape index (κ1) is 19.8. The Bertz CT molecular complexity index is 917. The average Bonchev–Trinajstić information content (AvgIpc) is 3.25. The molecule has 1 fully saturated rings. The number of benzene rings is 2. The molecule has 1 N–H and O–H groups in total. The summed E-state index contributed by atoms with van der Waals surface area (Å²) in [5, 5.41) is 7.17. The minimum Gasteiger partial charge on any atom is -0.376 e. The summed E-state index contributed by atoms with van der Waals surface area (Å²) in [6, 6.07) is 18.5. The van der Waals surface area contributed by atoms with E-state index in [0.29, 0.717) is 6.61 Å². The van der Waals surface area contributed by atoms with Crippen LogP contribution in [0.2, 0.25) is 0 Å². The molecule has 0 radical (unpaired) electrons. The lowest BCUT2D eigenvalue weighted by Crippen LogP contribution is -2.13. The largest absolute Gasteiger partial charge is 0.376 e. The number of nitrogens with one attached hydrogen (secondary N) is 1. The molecule has 4 rings (SSSR count). The zero-order valence-corrected chi connectivity index (χ0v) is 17.4. The van der Waals surface area contributed by atoms with E-state index in [9.17, 15) is 0 Å². The lowest BCUT2D eigenvalue weighted by molar-refractivity contribution is 0.0739. The van der Waals surface area contributed by atoms with Gasteiger partial charge in [-0.05, 0) is 36.0 Å². The van der Waals surface area contributed by atoms with Crippen molar-refractivity contribution in [2.24, 2.45) is 11.0 Å². The highest BCUT2D eigenvalue weighted by molar-refractivity contribution is 7.14. The maximum absolute atomic E-state index is 5.96. The molecule has 1 saturated carbocycles. The van der Waals surface area contributed by atoms with Crippen molar-refractivity contribution in [2.75, 3.05) is 12.0 Å². The molecule has 4 nitrogen and oxygen atoms in total.